The van der Waals surface area contributed by atoms with Crippen molar-refractivity contribution in [1.29, 1.82) is 0 Å². The van der Waals surface area contributed by atoms with Crippen LogP contribution in [-0.2, 0) is 10.3 Å². The van der Waals surface area contributed by atoms with Crippen LogP contribution in [-0.4, -0.2) is 17.6 Å². The molecule has 0 atom stereocenters. The quantitative estimate of drug-likeness (QED) is 0.676. The predicted octanol–water partition coefficient (Wildman–Crippen LogP) is 2.31. The largest absolute Gasteiger partial charge is 0.464 e. The van der Waals surface area contributed by atoms with Gasteiger partial charge in [0.25, 0.3) is 0 Å². The molecule has 0 aliphatic carbocycles. The molecule has 0 bridgehead atoms. The first-order valence-corrected chi connectivity index (χ1v) is 4.44. The number of esters is 1. The molecule has 0 aliphatic heterocycles. The summed E-state index contributed by atoms with van der Waals surface area (Å²) in [5.74, 6) is -3.10. The van der Waals surface area contributed by atoms with Crippen LogP contribution in [0.15, 0.2) is 6.20 Å². The van der Waals surface area contributed by atoms with E-state index in [0.717, 1.165) is 13.3 Å². The maximum atomic E-state index is 13.3. The average Bonchev–Trinajstić information content (AvgIpc) is 2.42. The first-order valence-electron chi connectivity index (χ1n) is 4.44. The van der Waals surface area contributed by atoms with E-state index in [2.05, 4.69) is 4.74 Å². The third-order valence-corrected chi connectivity index (χ3v) is 2.00. The van der Waals surface area contributed by atoms with Crippen molar-refractivity contribution in [3.63, 3.8) is 0 Å². The number of nitrogens with zero attached hydrogens (tertiary/aromatic N) is 1. The number of methoxy groups -OCH3 is 1. The minimum Gasteiger partial charge on any atom is -0.464 e. The Balaban J connectivity index is 3.40. The van der Waals surface area contributed by atoms with Gasteiger partial charge in [-0.15, -0.1) is 0 Å². The van der Waals surface area contributed by atoms with E-state index in [9.17, 15) is 13.6 Å². The molecular formula is C10H13F2NO2. The van der Waals surface area contributed by atoms with E-state index in [0.29, 0.717) is 0 Å². The normalized spacial score (nSPS) is 11.6. The molecule has 0 amide bonds. The molecule has 0 N–H and O–H groups in total. The third kappa shape index (κ3) is 2.00. The molecule has 5 heteroatoms. The lowest BCUT2D eigenvalue weighted by molar-refractivity contribution is 0.0575. The standard InChI is InChI=1S/C10H13F2NO2/c1-10(2,3)13-5-6(11)7(12)8(13)9(14)15-4/h5H,1-4H3. The Bertz CT molecular complexity index is 391. The van der Waals surface area contributed by atoms with E-state index in [-0.39, 0.29) is 5.69 Å². The number of carbonyl (C=O) groups excluding carboxylic acids is 1. The van der Waals surface area contributed by atoms with Gasteiger partial charge in [0.15, 0.2) is 17.3 Å². The van der Waals surface area contributed by atoms with Gasteiger partial charge < -0.3 is 9.30 Å². The van der Waals surface area contributed by atoms with Gasteiger partial charge in [-0.1, -0.05) is 0 Å². The number of rotatable bonds is 1. The van der Waals surface area contributed by atoms with E-state index in [1.165, 1.54) is 4.57 Å². The van der Waals surface area contributed by atoms with Crippen LogP contribution in [0.4, 0.5) is 8.78 Å². The van der Waals surface area contributed by atoms with Crippen molar-refractivity contribution in [3.05, 3.63) is 23.5 Å². The van der Waals surface area contributed by atoms with Gasteiger partial charge in [0.1, 0.15) is 0 Å². The van der Waals surface area contributed by atoms with Crippen LogP contribution in [0.3, 0.4) is 0 Å². The van der Waals surface area contributed by atoms with E-state index in [1.807, 2.05) is 0 Å². The molecule has 3 nitrogen and oxygen atoms in total. The molecule has 0 spiro atoms. The minimum absolute atomic E-state index is 0.387. The second-order valence-corrected chi connectivity index (χ2v) is 4.17. The number of halogens is 2. The molecule has 0 saturated carbocycles. The number of hydrogen-bond acceptors (Lipinski definition) is 2. The highest BCUT2D eigenvalue weighted by atomic mass is 19.2. The van der Waals surface area contributed by atoms with Crippen LogP contribution in [0.25, 0.3) is 0 Å². The van der Waals surface area contributed by atoms with Gasteiger partial charge in [0.05, 0.1) is 7.11 Å². The van der Waals surface area contributed by atoms with Crippen LogP contribution in [0.2, 0.25) is 0 Å². The lowest BCUT2D eigenvalue weighted by Crippen LogP contribution is -2.26. The molecule has 0 unspecified atom stereocenters. The second-order valence-electron chi connectivity index (χ2n) is 4.17. The van der Waals surface area contributed by atoms with Crippen molar-refractivity contribution in [2.45, 2.75) is 26.3 Å². The number of hydrogen-bond donors (Lipinski definition) is 0. The number of carbonyl (C=O) groups is 1. The fourth-order valence-electron chi connectivity index (χ4n) is 1.27. The molecular weight excluding hydrogens is 204 g/mol. The summed E-state index contributed by atoms with van der Waals surface area (Å²) in [6.07, 6.45) is 0.960. The SMILES string of the molecule is COC(=O)c1c(F)c(F)cn1C(C)(C)C. The Labute approximate surface area is 86.6 Å². The first kappa shape index (κ1) is 11.7. The third-order valence-electron chi connectivity index (χ3n) is 2.00. The Morgan fingerprint density at radius 2 is 1.93 bits per heavy atom. The fourth-order valence-corrected chi connectivity index (χ4v) is 1.27. The molecule has 0 radical (unpaired) electrons. The van der Waals surface area contributed by atoms with Gasteiger partial charge in [-0.05, 0) is 20.8 Å². The first-order chi connectivity index (χ1) is 6.79. The van der Waals surface area contributed by atoms with Crippen LogP contribution in [0.1, 0.15) is 31.3 Å². The van der Waals surface area contributed by atoms with Crippen LogP contribution < -0.4 is 0 Å². The zero-order chi connectivity index (χ0) is 11.8. The monoisotopic (exact) mass is 217 g/mol. The molecule has 1 aromatic heterocycles. The molecule has 0 fully saturated rings. The minimum atomic E-state index is -1.17. The smallest absolute Gasteiger partial charge is 0.357 e. The highest BCUT2D eigenvalue weighted by Crippen LogP contribution is 2.23. The van der Waals surface area contributed by atoms with Gasteiger partial charge in [0, 0.05) is 11.7 Å². The number of ether oxygens (including phenoxy) is 1. The van der Waals surface area contributed by atoms with Gasteiger partial charge in [0.2, 0.25) is 0 Å². The van der Waals surface area contributed by atoms with Gasteiger partial charge >= 0.3 is 5.97 Å². The molecule has 1 rings (SSSR count). The zero-order valence-corrected chi connectivity index (χ0v) is 9.10. The van der Waals surface area contributed by atoms with E-state index >= 15 is 0 Å². The molecule has 1 aromatic rings. The van der Waals surface area contributed by atoms with Crippen molar-refractivity contribution in [2.75, 3.05) is 7.11 Å². The lowest BCUT2D eigenvalue weighted by atomic mass is 10.1. The Morgan fingerprint density at radius 1 is 1.40 bits per heavy atom. The zero-order valence-electron chi connectivity index (χ0n) is 9.10. The Kier molecular flexibility index (Phi) is 2.83. The van der Waals surface area contributed by atoms with Gasteiger partial charge in [-0.25, -0.2) is 13.6 Å². The number of aromatic nitrogens is 1. The van der Waals surface area contributed by atoms with Crippen molar-refractivity contribution in [3.8, 4) is 0 Å². The Morgan fingerprint density at radius 3 is 2.33 bits per heavy atom. The molecule has 15 heavy (non-hydrogen) atoms. The highest BCUT2D eigenvalue weighted by molar-refractivity contribution is 5.88. The van der Waals surface area contributed by atoms with Crippen molar-refractivity contribution in [1.82, 2.24) is 4.57 Å². The maximum Gasteiger partial charge on any atom is 0.357 e. The van der Waals surface area contributed by atoms with E-state index in [1.54, 1.807) is 20.8 Å². The van der Waals surface area contributed by atoms with Crippen molar-refractivity contribution >= 4 is 5.97 Å². The average molecular weight is 217 g/mol. The van der Waals surface area contributed by atoms with Gasteiger partial charge in [-0.2, -0.15) is 0 Å². The maximum absolute atomic E-state index is 13.3. The summed E-state index contributed by atoms with van der Waals surface area (Å²) in [7, 11) is 1.12. The highest BCUT2D eigenvalue weighted by Gasteiger charge is 2.28. The van der Waals surface area contributed by atoms with E-state index < -0.39 is 23.1 Å². The summed E-state index contributed by atoms with van der Waals surface area (Å²) in [6, 6.07) is 0. The van der Waals surface area contributed by atoms with Crippen LogP contribution >= 0.6 is 0 Å². The summed E-state index contributed by atoms with van der Waals surface area (Å²) in [5.41, 5.74) is -0.975. The van der Waals surface area contributed by atoms with Gasteiger partial charge in [-0.3, -0.25) is 0 Å². The molecule has 0 aliphatic rings. The summed E-state index contributed by atoms with van der Waals surface area (Å²) in [6.45, 7) is 5.20. The molecule has 0 saturated heterocycles. The van der Waals surface area contributed by atoms with Crippen molar-refractivity contribution < 1.29 is 18.3 Å². The van der Waals surface area contributed by atoms with E-state index in [4.69, 9.17) is 0 Å². The van der Waals surface area contributed by atoms with Crippen LogP contribution in [0.5, 0.6) is 0 Å². The van der Waals surface area contributed by atoms with Crippen LogP contribution in [0, 0.1) is 11.6 Å². The molecule has 1 heterocycles. The second kappa shape index (κ2) is 3.64. The summed E-state index contributed by atoms with van der Waals surface area (Å²) in [5, 5.41) is 0. The fraction of sp³-hybridized carbons (Fsp3) is 0.500. The summed E-state index contributed by atoms with van der Waals surface area (Å²) >= 11 is 0. The Hall–Kier alpha value is -1.39. The molecule has 84 valence electrons. The lowest BCUT2D eigenvalue weighted by Gasteiger charge is -2.23. The summed E-state index contributed by atoms with van der Waals surface area (Å²) in [4.78, 5) is 11.3. The molecule has 0 aromatic carbocycles. The predicted molar refractivity (Wildman–Crippen MR) is 50.7 cm³/mol. The summed E-state index contributed by atoms with van der Waals surface area (Å²) < 4.78 is 31.9. The van der Waals surface area contributed by atoms with Crippen molar-refractivity contribution in [2.24, 2.45) is 0 Å². The topological polar surface area (TPSA) is 31.2 Å².